The number of aromatic nitrogens is 2. The largest absolute Gasteiger partial charge is 0.317 e. The predicted molar refractivity (Wildman–Crippen MR) is 195 cm³/mol. The summed E-state index contributed by atoms with van der Waals surface area (Å²) in [5.74, 6) is 0. The fourth-order valence-corrected chi connectivity index (χ4v) is 8.26. The van der Waals surface area contributed by atoms with Gasteiger partial charge < -0.3 is 9.13 Å². The van der Waals surface area contributed by atoms with Crippen LogP contribution in [0.15, 0.2) is 182 Å². The Hall–Kier alpha value is -6.12. The second-order valence-corrected chi connectivity index (χ2v) is 12.6. The molecule has 220 valence electrons. The van der Waals surface area contributed by atoms with Crippen molar-refractivity contribution in [1.82, 2.24) is 9.13 Å². The Morgan fingerprint density at radius 2 is 1.02 bits per heavy atom. The second kappa shape index (κ2) is 9.94. The van der Waals surface area contributed by atoms with Crippen molar-refractivity contribution < 1.29 is 0 Å². The van der Waals surface area contributed by atoms with Gasteiger partial charge in [-0.25, -0.2) is 0 Å². The molecule has 7 aromatic carbocycles. The number of rotatable bonds is 4. The summed E-state index contributed by atoms with van der Waals surface area (Å²) in [4.78, 5) is 0. The molecular formula is C45H30N2. The van der Waals surface area contributed by atoms with E-state index >= 15 is 0 Å². The number of benzene rings is 7. The van der Waals surface area contributed by atoms with Crippen LogP contribution >= 0.6 is 0 Å². The average Bonchev–Trinajstić information content (AvgIpc) is 3.80. The Morgan fingerprint density at radius 3 is 1.79 bits per heavy atom. The van der Waals surface area contributed by atoms with Gasteiger partial charge in [0.15, 0.2) is 0 Å². The van der Waals surface area contributed by atoms with Gasteiger partial charge in [-0.1, -0.05) is 127 Å². The van der Waals surface area contributed by atoms with Crippen molar-refractivity contribution in [1.29, 1.82) is 0 Å². The van der Waals surface area contributed by atoms with E-state index in [4.69, 9.17) is 0 Å². The van der Waals surface area contributed by atoms with Crippen LogP contribution in [0.1, 0.15) is 22.3 Å². The lowest BCUT2D eigenvalue weighted by Gasteiger charge is -2.34. The first-order valence-corrected chi connectivity index (χ1v) is 16.3. The molecule has 0 amide bonds. The van der Waals surface area contributed by atoms with E-state index in [0.717, 1.165) is 0 Å². The Balaban J connectivity index is 1.28. The molecule has 0 radical (unpaired) electrons. The second-order valence-electron chi connectivity index (χ2n) is 12.6. The Kier molecular flexibility index (Phi) is 5.53. The molecule has 0 saturated carbocycles. The van der Waals surface area contributed by atoms with Crippen molar-refractivity contribution in [2.75, 3.05) is 0 Å². The maximum atomic E-state index is 2.47. The molecule has 9 aromatic rings. The van der Waals surface area contributed by atoms with E-state index in [9.17, 15) is 0 Å². The summed E-state index contributed by atoms with van der Waals surface area (Å²) in [6, 6.07) is 64.6. The summed E-state index contributed by atoms with van der Waals surface area (Å²) < 4.78 is 4.76. The minimum Gasteiger partial charge on any atom is -0.317 e. The Bertz CT molecular complexity index is 2570. The molecule has 2 aromatic heterocycles. The van der Waals surface area contributed by atoms with E-state index < -0.39 is 5.41 Å². The molecule has 0 aliphatic heterocycles. The number of hydrogen-bond donors (Lipinski definition) is 0. The first-order valence-electron chi connectivity index (χ1n) is 16.3. The van der Waals surface area contributed by atoms with Crippen LogP contribution in [-0.2, 0) is 5.41 Å². The third-order valence-corrected chi connectivity index (χ3v) is 10.2. The number of fused-ring (bicyclic) bond motifs is 7. The third kappa shape index (κ3) is 3.61. The molecule has 0 N–H and O–H groups in total. The van der Waals surface area contributed by atoms with Gasteiger partial charge in [-0.2, -0.15) is 0 Å². The standard InChI is InChI=1S/C45H30N2/c1-4-14-32(15-5-1)45(33-16-6-2-7-17-33)40-22-12-10-20-36(40)37-25-24-35(29-41(37)45)47-42-23-13-11-21-38(42)39-30-43-31(28-44(39)47)26-27-46(43)34-18-8-3-9-19-34/h1-30H. The summed E-state index contributed by atoms with van der Waals surface area (Å²) in [7, 11) is 0. The molecular weight excluding hydrogens is 569 g/mol. The molecule has 0 unspecified atom stereocenters. The van der Waals surface area contributed by atoms with Crippen molar-refractivity contribution >= 4 is 32.7 Å². The van der Waals surface area contributed by atoms with Gasteiger partial charge in [0.05, 0.1) is 22.0 Å². The van der Waals surface area contributed by atoms with Gasteiger partial charge in [-0.3, -0.25) is 0 Å². The zero-order chi connectivity index (χ0) is 31.0. The highest BCUT2D eigenvalue weighted by Gasteiger charge is 2.46. The van der Waals surface area contributed by atoms with E-state index in [2.05, 4.69) is 191 Å². The molecule has 0 saturated heterocycles. The van der Waals surface area contributed by atoms with E-state index in [1.807, 2.05) is 0 Å². The minimum absolute atomic E-state index is 0.441. The van der Waals surface area contributed by atoms with Gasteiger partial charge in [0.1, 0.15) is 0 Å². The fourth-order valence-electron chi connectivity index (χ4n) is 8.26. The van der Waals surface area contributed by atoms with Crippen LogP contribution < -0.4 is 0 Å². The molecule has 0 spiro atoms. The molecule has 0 atom stereocenters. The van der Waals surface area contributed by atoms with Crippen LogP contribution in [0.5, 0.6) is 0 Å². The highest BCUT2D eigenvalue weighted by atomic mass is 15.0. The van der Waals surface area contributed by atoms with E-state index in [1.54, 1.807) is 0 Å². The molecule has 2 heteroatoms. The highest BCUT2D eigenvalue weighted by molar-refractivity contribution is 6.13. The Morgan fingerprint density at radius 1 is 0.383 bits per heavy atom. The van der Waals surface area contributed by atoms with Crippen LogP contribution in [0, 0.1) is 0 Å². The number of nitrogens with zero attached hydrogens (tertiary/aromatic N) is 2. The highest BCUT2D eigenvalue weighted by Crippen LogP contribution is 2.56. The average molecular weight is 599 g/mol. The SMILES string of the molecule is c1ccc(-n2ccc3cc4c(cc32)c2ccccc2n4-c2ccc3c(c2)C(c2ccccc2)(c2ccccc2)c2ccccc2-3)cc1. The molecule has 2 heterocycles. The molecule has 1 aliphatic rings. The van der Waals surface area contributed by atoms with Crippen LogP contribution in [-0.4, -0.2) is 9.13 Å². The molecule has 1 aliphatic carbocycles. The maximum absolute atomic E-state index is 2.47. The molecule has 10 rings (SSSR count). The minimum atomic E-state index is -0.441. The molecule has 0 fully saturated rings. The van der Waals surface area contributed by atoms with Crippen LogP contribution in [0.3, 0.4) is 0 Å². The van der Waals surface area contributed by atoms with Crippen molar-refractivity contribution in [3.8, 4) is 22.5 Å². The van der Waals surface area contributed by atoms with Gasteiger partial charge in [-0.15, -0.1) is 0 Å². The van der Waals surface area contributed by atoms with Crippen molar-refractivity contribution in [3.63, 3.8) is 0 Å². The number of para-hydroxylation sites is 2. The first kappa shape index (κ1) is 26.1. The smallest absolute Gasteiger partial charge is 0.0714 e. The van der Waals surface area contributed by atoms with Crippen LogP contribution in [0.25, 0.3) is 55.2 Å². The first-order chi connectivity index (χ1) is 23.3. The third-order valence-electron chi connectivity index (χ3n) is 10.2. The summed E-state index contributed by atoms with van der Waals surface area (Å²) >= 11 is 0. The van der Waals surface area contributed by atoms with Crippen LogP contribution in [0.2, 0.25) is 0 Å². The topological polar surface area (TPSA) is 9.86 Å². The van der Waals surface area contributed by atoms with E-state index in [-0.39, 0.29) is 0 Å². The van der Waals surface area contributed by atoms with Crippen molar-refractivity contribution in [2.24, 2.45) is 0 Å². The summed E-state index contributed by atoms with van der Waals surface area (Å²) in [6.07, 6.45) is 2.19. The predicted octanol–water partition coefficient (Wildman–Crippen LogP) is 11.1. The fraction of sp³-hybridized carbons (Fsp3) is 0.0222. The summed E-state index contributed by atoms with van der Waals surface area (Å²) in [5, 5.41) is 3.73. The number of hydrogen-bond acceptors (Lipinski definition) is 0. The lowest BCUT2D eigenvalue weighted by atomic mass is 9.67. The quantitative estimate of drug-likeness (QED) is 0.191. The van der Waals surface area contributed by atoms with Crippen LogP contribution in [0.4, 0.5) is 0 Å². The van der Waals surface area contributed by atoms with Gasteiger partial charge in [0, 0.05) is 33.7 Å². The van der Waals surface area contributed by atoms with E-state index in [0.29, 0.717) is 0 Å². The van der Waals surface area contributed by atoms with Crippen molar-refractivity contribution in [2.45, 2.75) is 5.41 Å². The summed E-state index contributed by atoms with van der Waals surface area (Å²) in [5.41, 5.74) is 13.3. The van der Waals surface area contributed by atoms with E-state index in [1.165, 1.54) is 77.5 Å². The van der Waals surface area contributed by atoms with Gasteiger partial charge in [0.2, 0.25) is 0 Å². The lowest BCUT2D eigenvalue weighted by molar-refractivity contribution is 0.767. The monoisotopic (exact) mass is 598 g/mol. The molecule has 0 bridgehead atoms. The lowest BCUT2D eigenvalue weighted by Crippen LogP contribution is -2.28. The normalized spacial score (nSPS) is 13.3. The summed E-state index contributed by atoms with van der Waals surface area (Å²) in [6.45, 7) is 0. The van der Waals surface area contributed by atoms with Gasteiger partial charge in [-0.05, 0) is 81.9 Å². The Labute approximate surface area is 273 Å². The zero-order valence-electron chi connectivity index (χ0n) is 25.7. The van der Waals surface area contributed by atoms with Crippen molar-refractivity contribution in [3.05, 3.63) is 204 Å². The van der Waals surface area contributed by atoms with Gasteiger partial charge in [0.25, 0.3) is 0 Å². The zero-order valence-corrected chi connectivity index (χ0v) is 25.7. The molecule has 2 nitrogen and oxygen atoms in total. The maximum Gasteiger partial charge on any atom is 0.0714 e. The molecule has 47 heavy (non-hydrogen) atoms. The van der Waals surface area contributed by atoms with Gasteiger partial charge >= 0.3 is 0 Å².